The number of nitrogens with zero attached hydrogens (tertiary/aromatic N) is 1. The Kier molecular flexibility index (Phi) is 6.09. The van der Waals surface area contributed by atoms with Gasteiger partial charge in [0.05, 0.1) is 0 Å². The van der Waals surface area contributed by atoms with Gasteiger partial charge in [0.1, 0.15) is 5.03 Å². The Morgan fingerprint density at radius 3 is 2.65 bits per heavy atom. The number of rotatable bonds is 7. The molecule has 2 aromatic rings. The molecule has 0 aliphatic rings. The fourth-order valence-electron chi connectivity index (χ4n) is 1.91. The maximum Gasteiger partial charge on any atom is 0.101 e. The van der Waals surface area contributed by atoms with Gasteiger partial charge >= 0.3 is 0 Å². The minimum absolute atomic E-state index is 0.673. The highest BCUT2D eigenvalue weighted by Gasteiger charge is 2.04. The van der Waals surface area contributed by atoms with E-state index in [1.165, 1.54) is 11.1 Å². The minimum Gasteiger partial charge on any atom is -0.312 e. The summed E-state index contributed by atoms with van der Waals surface area (Å²) in [7, 11) is 0. The Bertz CT molecular complexity index is 511. The van der Waals surface area contributed by atoms with Crippen LogP contribution in [0.2, 0.25) is 0 Å². The molecule has 2 nitrogen and oxygen atoms in total. The molecule has 0 fully saturated rings. The maximum atomic E-state index is 4.51. The molecule has 1 aromatic carbocycles. The SMILES string of the molecule is CC(C)CNCc1cccnc1SCc1ccccc1. The third kappa shape index (κ3) is 4.99. The fourth-order valence-corrected chi connectivity index (χ4v) is 2.87. The standard InChI is InChI=1S/C17H22N2S/c1-14(2)11-18-12-16-9-6-10-19-17(16)20-13-15-7-4-3-5-8-15/h3-10,14,18H,11-13H2,1-2H3. The monoisotopic (exact) mass is 286 g/mol. The molecular weight excluding hydrogens is 264 g/mol. The molecule has 106 valence electrons. The second-order valence-electron chi connectivity index (χ2n) is 5.27. The molecule has 0 atom stereocenters. The van der Waals surface area contributed by atoms with Gasteiger partial charge in [-0.2, -0.15) is 0 Å². The van der Waals surface area contributed by atoms with Crippen LogP contribution in [-0.2, 0) is 12.3 Å². The van der Waals surface area contributed by atoms with Gasteiger partial charge in [-0.3, -0.25) is 0 Å². The van der Waals surface area contributed by atoms with Crippen LogP contribution >= 0.6 is 11.8 Å². The van der Waals surface area contributed by atoms with Gasteiger partial charge in [0, 0.05) is 18.5 Å². The van der Waals surface area contributed by atoms with Gasteiger partial charge in [-0.15, -0.1) is 11.8 Å². The molecule has 0 amide bonds. The van der Waals surface area contributed by atoms with Crippen LogP contribution in [0.1, 0.15) is 25.0 Å². The summed E-state index contributed by atoms with van der Waals surface area (Å²) < 4.78 is 0. The summed E-state index contributed by atoms with van der Waals surface area (Å²) >= 11 is 1.81. The van der Waals surface area contributed by atoms with Crippen LogP contribution in [0.25, 0.3) is 0 Å². The molecule has 0 bridgehead atoms. The molecule has 0 saturated carbocycles. The lowest BCUT2D eigenvalue weighted by atomic mass is 10.2. The van der Waals surface area contributed by atoms with E-state index >= 15 is 0 Å². The van der Waals surface area contributed by atoms with Crippen molar-refractivity contribution in [3.05, 3.63) is 59.8 Å². The van der Waals surface area contributed by atoms with Crippen molar-refractivity contribution >= 4 is 11.8 Å². The van der Waals surface area contributed by atoms with Crippen LogP contribution in [0.3, 0.4) is 0 Å². The first-order valence-electron chi connectivity index (χ1n) is 7.07. The van der Waals surface area contributed by atoms with Gasteiger partial charge in [-0.25, -0.2) is 4.98 Å². The highest BCUT2D eigenvalue weighted by molar-refractivity contribution is 7.98. The predicted octanol–water partition coefficient (Wildman–Crippen LogP) is 4.12. The predicted molar refractivity (Wildman–Crippen MR) is 86.8 cm³/mol. The lowest BCUT2D eigenvalue weighted by Crippen LogP contribution is -2.19. The molecule has 0 spiro atoms. The molecule has 1 aromatic heterocycles. The Labute approximate surface area is 126 Å². The molecular formula is C17H22N2S. The molecule has 1 N–H and O–H groups in total. The van der Waals surface area contributed by atoms with Crippen LogP contribution in [0.15, 0.2) is 53.7 Å². The summed E-state index contributed by atoms with van der Waals surface area (Å²) in [6, 6.07) is 14.7. The lowest BCUT2D eigenvalue weighted by molar-refractivity contribution is 0.549. The van der Waals surface area contributed by atoms with Crippen LogP contribution in [0.5, 0.6) is 0 Å². The second-order valence-corrected chi connectivity index (χ2v) is 6.23. The van der Waals surface area contributed by atoms with E-state index < -0.39 is 0 Å². The molecule has 1 heterocycles. The Balaban J connectivity index is 1.93. The van der Waals surface area contributed by atoms with Crippen molar-refractivity contribution < 1.29 is 0 Å². The normalized spacial score (nSPS) is 10.9. The molecule has 3 heteroatoms. The first-order chi connectivity index (χ1) is 9.75. The lowest BCUT2D eigenvalue weighted by Gasteiger charge is -2.10. The van der Waals surface area contributed by atoms with E-state index in [0.717, 1.165) is 23.9 Å². The van der Waals surface area contributed by atoms with Crippen molar-refractivity contribution in [3.8, 4) is 0 Å². The number of nitrogens with one attached hydrogen (secondary N) is 1. The van der Waals surface area contributed by atoms with Crippen molar-refractivity contribution in [1.82, 2.24) is 10.3 Å². The first-order valence-corrected chi connectivity index (χ1v) is 8.05. The van der Waals surface area contributed by atoms with Crippen molar-refractivity contribution in [2.75, 3.05) is 6.54 Å². The summed E-state index contributed by atoms with van der Waals surface area (Å²) in [5, 5.41) is 4.62. The fraction of sp³-hybridized carbons (Fsp3) is 0.353. The van der Waals surface area contributed by atoms with E-state index in [1.54, 1.807) is 0 Å². The van der Waals surface area contributed by atoms with E-state index in [-0.39, 0.29) is 0 Å². The van der Waals surface area contributed by atoms with Crippen molar-refractivity contribution in [1.29, 1.82) is 0 Å². The molecule has 0 aliphatic carbocycles. The van der Waals surface area contributed by atoms with E-state index in [0.29, 0.717) is 5.92 Å². The molecule has 0 aliphatic heterocycles. The highest BCUT2D eigenvalue weighted by Crippen LogP contribution is 2.23. The first kappa shape index (κ1) is 15.1. The molecule has 20 heavy (non-hydrogen) atoms. The van der Waals surface area contributed by atoms with E-state index in [1.807, 2.05) is 24.0 Å². The smallest absolute Gasteiger partial charge is 0.101 e. The number of thioether (sulfide) groups is 1. The number of benzene rings is 1. The largest absolute Gasteiger partial charge is 0.312 e. The van der Waals surface area contributed by atoms with Crippen LogP contribution < -0.4 is 5.32 Å². The Hall–Kier alpha value is -1.32. The topological polar surface area (TPSA) is 24.9 Å². The summed E-state index contributed by atoms with van der Waals surface area (Å²) in [6.07, 6.45) is 1.87. The number of hydrogen-bond donors (Lipinski definition) is 1. The third-order valence-electron chi connectivity index (χ3n) is 2.94. The van der Waals surface area contributed by atoms with E-state index in [9.17, 15) is 0 Å². The average molecular weight is 286 g/mol. The summed E-state index contributed by atoms with van der Waals surface area (Å²) in [5.41, 5.74) is 2.62. The third-order valence-corrected chi connectivity index (χ3v) is 4.06. The Morgan fingerprint density at radius 2 is 1.90 bits per heavy atom. The summed E-state index contributed by atoms with van der Waals surface area (Å²) in [6.45, 7) is 6.38. The van der Waals surface area contributed by atoms with Crippen LogP contribution in [-0.4, -0.2) is 11.5 Å². The minimum atomic E-state index is 0.673. The van der Waals surface area contributed by atoms with Gasteiger partial charge < -0.3 is 5.32 Å². The molecule has 0 radical (unpaired) electrons. The quantitative estimate of drug-likeness (QED) is 0.775. The Morgan fingerprint density at radius 1 is 1.10 bits per heavy atom. The summed E-state index contributed by atoms with van der Waals surface area (Å²) in [4.78, 5) is 4.51. The number of aromatic nitrogens is 1. The zero-order chi connectivity index (χ0) is 14.2. The summed E-state index contributed by atoms with van der Waals surface area (Å²) in [5.74, 6) is 1.64. The van der Waals surface area contributed by atoms with E-state index in [2.05, 4.69) is 60.5 Å². The van der Waals surface area contributed by atoms with Gasteiger partial charge in [0.2, 0.25) is 0 Å². The number of hydrogen-bond acceptors (Lipinski definition) is 3. The molecule has 2 rings (SSSR count). The zero-order valence-electron chi connectivity index (χ0n) is 12.2. The van der Waals surface area contributed by atoms with E-state index in [4.69, 9.17) is 0 Å². The van der Waals surface area contributed by atoms with Crippen molar-refractivity contribution in [2.24, 2.45) is 5.92 Å². The second kappa shape index (κ2) is 8.08. The highest BCUT2D eigenvalue weighted by atomic mass is 32.2. The van der Waals surface area contributed by atoms with Crippen LogP contribution in [0, 0.1) is 5.92 Å². The average Bonchev–Trinajstić information content (AvgIpc) is 2.47. The number of pyridine rings is 1. The van der Waals surface area contributed by atoms with Crippen molar-refractivity contribution in [3.63, 3.8) is 0 Å². The maximum absolute atomic E-state index is 4.51. The van der Waals surface area contributed by atoms with Gasteiger partial charge in [0.15, 0.2) is 0 Å². The van der Waals surface area contributed by atoms with Crippen LogP contribution in [0.4, 0.5) is 0 Å². The van der Waals surface area contributed by atoms with Crippen molar-refractivity contribution in [2.45, 2.75) is 31.2 Å². The van der Waals surface area contributed by atoms with Gasteiger partial charge in [-0.05, 0) is 29.7 Å². The molecule has 0 saturated heterocycles. The van der Waals surface area contributed by atoms with Gasteiger partial charge in [0.25, 0.3) is 0 Å². The van der Waals surface area contributed by atoms with Gasteiger partial charge in [-0.1, -0.05) is 50.2 Å². The zero-order valence-corrected chi connectivity index (χ0v) is 13.0. The molecule has 0 unspecified atom stereocenters.